The van der Waals surface area contributed by atoms with Crippen LogP contribution in [0, 0.1) is 11.3 Å². The molecule has 1 saturated heterocycles. The molecule has 1 fully saturated rings. The van der Waals surface area contributed by atoms with Crippen molar-refractivity contribution >= 4 is 11.4 Å². The predicted octanol–water partition coefficient (Wildman–Crippen LogP) is 3.73. The summed E-state index contributed by atoms with van der Waals surface area (Å²) in [6.45, 7) is 2.78. The SMILES string of the molecule is COc1ccc2c(c1)CC[C@]13CN(Cc4ccccc4)C[C@H]1C(=O)C=C23. The molecule has 5 rings (SSSR count). The van der Waals surface area contributed by atoms with Crippen LogP contribution in [0.1, 0.15) is 23.1 Å². The maximum atomic E-state index is 12.8. The van der Waals surface area contributed by atoms with Gasteiger partial charge in [0.15, 0.2) is 5.78 Å². The molecule has 2 aromatic carbocycles. The Morgan fingerprint density at radius 2 is 2.04 bits per heavy atom. The Morgan fingerprint density at radius 1 is 1.19 bits per heavy atom. The Bertz CT molecular complexity index is 902. The van der Waals surface area contributed by atoms with Crippen molar-refractivity contribution in [2.75, 3.05) is 20.2 Å². The molecule has 1 aliphatic heterocycles. The Hall–Kier alpha value is -2.39. The highest BCUT2D eigenvalue weighted by Crippen LogP contribution is 2.57. The van der Waals surface area contributed by atoms with Crippen LogP contribution in [0.4, 0.5) is 0 Å². The fraction of sp³-hybridized carbons (Fsp3) is 0.348. The zero-order valence-corrected chi connectivity index (χ0v) is 15.1. The van der Waals surface area contributed by atoms with E-state index in [4.69, 9.17) is 4.74 Å². The van der Waals surface area contributed by atoms with Gasteiger partial charge in [-0.2, -0.15) is 0 Å². The van der Waals surface area contributed by atoms with Crippen LogP contribution >= 0.6 is 0 Å². The van der Waals surface area contributed by atoms with Gasteiger partial charge in [-0.1, -0.05) is 36.4 Å². The number of ketones is 1. The summed E-state index contributed by atoms with van der Waals surface area (Å²) in [5.74, 6) is 1.34. The molecule has 3 heteroatoms. The van der Waals surface area contributed by atoms with Crippen LogP contribution in [-0.2, 0) is 17.8 Å². The van der Waals surface area contributed by atoms with E-state index in [1.165, 1.54) is 22.3 Å². The molecule has 0 radical (unpaired) electrons. The van der Waals surface area contributed by atoms with Gasteiger partial charge < -0.3 is 4.74 Å². The molecule has 132 valence electrons. The van der Waals surface area contributed by atoms with E-state index in [-0.39, 0.29) is 11.3 Å². The number of carbonyl (C=O) groups is 1. The number of hydrogen-bond acceptors (Lipinski definition) is 3. The number of fused-ring (bicyclic) bond motifs is 2. The average Bonchev–Trinajstić information content (AvgIpc) is 3.15. The van der Waals surface area contributed by atoms with Gasteiger partial charge in [0.05, 0.1) is 7.11 Å². The number of hydrogen-bond donors (Lipinski definition) is 0. The topological polar surface area (TPSA) is 29.5 Å². The molecule has 1 heterocycles. The first-order valence-corrected chi connectivity index (χ1v) is 9.39. The second-order valence-corrected chi connectivity index (χ2v) is 7.85. The van der Waals surface area contributed by atoms with E-state index >= 15 is 0 Å². The molecule has 0 saturated carbocycles. The second-order valence-electron chi connectivity index (χ2n) is 7.85. The molecule has 2 aliphatic carbocycles. The van der Waals surface area contributed by atoms with Crippen molar-refractivity contribution in [1.29, 1.82) is 0 Å². The molecule has 0 aromatic heterocycles. The van der Waals surface area contributed by atoms with Crippen molar-refractivity contribution < 1.29 is 9.53 Å². The van der Waals surface area contributed by atoms with E-state index < -0.39 is 0 Å². The molecule has 0 amide bonds. The lowest BCUT2D eigenvalue weighted by atomic mass is 9.66. The Balaban J connectivity index is 1.48. The van der Waals surface area contributed by atoms with Crippen molar-refractivity contribution in [3.05, 3.63) is 71.3 Å². The van der Waals surface area contributed by atoms with Crippen LogP contribution in [0.2, 0.25) is 0 Å². The Labute approximate surface area is 154 Å². The lowest BCUT2D eigenvalue weighted by Gasteiger charge is -2.37. The Morgan fingerprint density at radius 3 is 2.85 bits per heavy atom. The van der Waals surface area contributed by atoms with Crippen LogP contribution in [0.15, 0.2) is 54.6 Å². The van der Waals surface area contributed by atoms with Gasteiger partial charge in [-0.25, -0.2) is 0 Å². The quantitative estimate of drug-likeness (QED) is 0.849. The largest absolute Gasteiger partial charge is 0.497 e. The smallest absolute Gasteiger partial charge is 0.161 e. The number of rotatable bonds is 3. The van der Waals surface area contributed by atoms with Gasteiger partial charge in [-0.15, -0.1) is 0 Å². The fourth-order valence-corrected chi connectivity index (χ4v) is 5.25. The highest BCUT2D eigenvalue weighted by Gasteiger charge is 2.56. The minimum absolute atomic E-state index is 0.00739. The minimum Gasteiger partial charge on any atom is -0.497 e. The molecule has 3 aliphatic rings. The first-order chi connectivity index (χ1) is 12.7. The fourth-order valence-electron chi connectivity index (χ4n) is 5.25. The summed E-state index contributed by atoms with van der Waals surface area (Å²) >= 11 is 0. The van der Waals surface area contributed by atoms with Crippen LogP contribution in [-0.4, -0.2) is 30.9 Å². The number of benzene rings is 2. The number of allylic oxidation sites excluding steroid dienone is 1. The predicted molar refractivity (Wildman–Crippen MR) is 102 cm³/mol. The van der Waals surface area contributed by atoms with Crippen LogP contribution < -0.4 is 4.74 Å². The molecule has 0 N–H and O–H groups in total. The summed E-state index contributed by atoms with van der Waals surface area (Å²) in [4.78, 5) is 15.3. The van der Waals surface area contributed by atoms with E-state index in [2.05, 4.69) is 47.4 Å². The third-order valence-corrected chi connectivity index (χ3v) is 6.47. The van der Waals surface area contributed by atoms with E-state index in [1.807, 2.05) is 12.1 Å². The lowest BCUT2D eigenvalue weighted by Crippen LogP contribution is -2.34. The van der Waals surface area contributed by atoms with Crippen LogP contribution in [0.5, 0.6) is 5.75 Å². The standard InChI is InChI=1S/C23H23NO2/c1-26-18-7-8-19-17(11-18)9-10-23-15-24(13-16-5-3-2-4-6-16)14-21(23)22(25)12-20(19)23/h2-8,11-12,21H,9-10,13-15H2,1H3/t21-,23+/m0/s1. The highest BCUT2D eigenvalue weighted by molar-refractivity contribution is 6.07. The van der Waals surface area contributed by atoms with Crippen LogP contribution in [0.3, 0.4) is 0 Å². The Kier molecular flexibility index (Phi) is 3.54. The molecular weight excluding hydrogens is 322 g/mol. The maximum Gasteiger partial charge on any atom is 0.161 e. The van der Waals surface area contributed by atoms with E-state index in [1.54, 1.807) is 7.11 Å². The van der Waals surface area contributed by atoms with E-state index in [0.717, 1.165) is 38.2 Å². The van der Waals surface area contributed by atoms with Crippen molar-refractivity contribution in [3.63, 3.8) is 0 Å². The minimum atomic E-state index is 0.00739. The van der Waals surface area contributed by atoms with Crippen molar-refractivity contribution in [2.45, 2.75) is 19.4 Å². The highest BCUT2D eigenvalue weighted by atomic mass is 16.5. The number of likely N-dealkylation sites (tertiary alicyclic amines) is 1. The molecule has 0 unspecified atom stereocenters. The molecule has 0 bridgehead atoms. The average molecular weight is 345 g/mol. The second kappa shape index (κ2) is 5.82. The van der Waals surface area contributed by atoms with Gasteiger partial charge in [-0.05, 0) is 53.3 Å². The van der Waals surface area contributed by atoms with Crippen molar-refractivity contribution in [3.8, 4) is 5.75 Å². The molecule has 2 aromatic rings. The van der Waals surface area contributed by atoms with Gasteiger partial charge in [0.25, 0.3) is 0 Å². The summed E-state index contributed by atoms with van der Waals surface area (Å²) in [5, 5.41) is 0. The monoisotopic (exact) mass is 345 g/mol. The molecule has 2 atom stereocenters. The molecule has 26 heavy (non-hydrogen) atoms. The number of nitrogens with zero attached hydrogens (tertiary/aromatic N) is 1. The van der Waals surface area contributed by atoms with Gasteiger partial charge in [-0.3, -0.25) is 9.69 Å². The van der Waals surface area contributed by atoms with Crippen molar-refractivity contribution in [1.82, 2.24) is 4.90 Å². The van der Waals surface area contributed by atoms with E-state index in [9.17, 15) is 4.79 Å². The molecular formula is C23H23NO2. The van der Waals surface area contributed by atoms with E-state index in [0.29, 0.717) is 5.78 Å². The van der Waals surface area contributed by atoms with Crippen molar-refractivity contribution in [2.24, 2.45) is 11.3 Å². The summed E-state index contributed by atoms with van der Waals surface area (Å²) in [7, 11) is 1.71. The zero-order chi connectivity index (χ0) is 17.7. The number of ether oxygens (including phenoxy) is 1. The number of carbonyl (C=O) groups excluding carboxylic acids is 1. The summed E-state index contributed by atoms with van der Waals surface area (Å²) in [6, 6.07) is 16.9. The summed E-state index contributed by atoms with van der Waals surface area (Å²) in [6.07, 6.45) is 4.02. The first-order valence-electron chi connectivity index (χ1n) is 9.39. The maximum absolute atomic E-state index is 12.8. The van der Waals surface area contributed by atoms with Crippen LogP contribution in [0.25, 0.3) is 5.57 Å². The summed E-state index contributed by atoms with van der Waals surface area (Å²) in [5.41, 5.74) is 5.17. The molecule has 3 nitrogen and oxygen atoms in total. The first kappa shape index (κ1) is 15.8. The lowest BCUT2D eigenvalue weighted by molar-refractivity contribution is -0.118. The number of methoxy groups -OCH3 is 1. The normalized spacial score (nSPS) is 26.9. The third-order valence-electron chi connectivity index (χ3n) is 6.47. The van der Waals surface area contributed by atoms with Gasteiger partial charge in [0, 0.05) is 31.0 Å². The summed E-state index contributed by atoms with van der Waals surface area (Å²) < 4.78 is 5.39. The van der Waals surface area contributed by atoms with Gasteiger partial charge >= 0.3 is 0 Å². The van der Waals surface area contributed by atoms with Gasteiger partial charge in [0.2, 0.25) is 0 Å². The number of aryl methyl sites for hydroxylation is 1. The van der Waals surface area contributed by atoms with Gasteiger partial charge in [0.1, 0.15) is 5.75 Å². The molecule has 1 spiro atoms. The zero-order valence-electron chi connectivity index (χ0n) is 15.1. The third kappa shape index (κ3) is 2.27.